The van der Waals surface area contributed by atoms with Gasteiger partial charge in [0, 0.05) is 13.1 Å². The van der Waals surface area contributed by atoms with E-state index in [-0.39, 0.29) is 12.0 Å². The third kappa shape index (κ3) is 4.20. The van der Waals surface area contributed by atoms with Crippen LogP contribution in [-0.4, -0.2) is 49.1 Å². The highest BCUT2D eigenvalue weighted by Crippen LogP contribution is 2.21. The zero-order valence-electron chi connectivity index (χ0n) is 10.1. The number of carbonyl (C=O) groups is 1. The smallest absolute Gasteiger partial charge is 0.255 e. The van der Waals surface area contributed by atoms with E-state index in [0.29, 0.717) is 25.9 Å². The van der Waals surface area contributed by atoms with Gasteiger partial charge in [-0.15, -0.1) is 0 Å². The standard InChI is InChI=1S/C11H20F2N2O2/c1-2-5-15(7-10(12)13)11(16)9-4-3-8(6-14)17-9/h8-10H,2-7,14H2,1H3/t8-,9+/m1/s1. The summed E-state index contributed by atoms with van der Waals surface area (Å²) in [5, 5.41) is 0. The number of amides is 1. The average Bonchev–Trinajstić information content (AvgIpc) is 2.75. The average molecular weight is 250 g/mol. The molecule has 0 bridgehead atoms. The molecule has 1 rings (SSSR count). The van der Waals surface area contributed by atoms with Crippen LogP contribution in [0.25, 0.3) is 0 Å². The van der Waals surface area contributed by atoms with Crippen molar-refractivity contribution in [1.29, 1.82) is 0 Å². The summed E-state index contributed by atoms with van der Waals surface area (Å²) in [5.41, 5.74) is 5.44. The summed E-state index contributed by atoms with van der Waals surface area (Å²) >= 11 is 0. The van der Waals surface area contributed by atoms with Gasteiger partial charge in [0.05, 0.1) is 12.6 Å². The Bertz CT molecular complexity index is 252. The molecule has 17 heavy (non-hydrogen) atoms. The number of nitrogens with two attached hydrogens (primary N) is 1. The molecule has 0 aromatic carbocycles. The van der Waals surface area contributed by atoms with E-state index in [1.54, 1.807) is 0 Å². The van der Waals surface area contributed by atoms with Gasteiger partial charge in [-0.05, 0) is 19.3 Å². The summed E-state index contributed by atoms with van der Waals surface area (Å²) in [6.07, 6.45) is -1.25. The second kappa shape index (κ2) is 6.86. The molecule has 0 unspecified atom stereocenters. The van der Waals surface area contributed by atoms with E-state index in [2.05, 4.69) is 0 Å². The fourth-order valence-corrected chi connectivity index (χ4v) is 1.99. The van der Waals surface area contributed by atoms with Crippen LogP contribution in [0.1, 0.15) is 26.2 Å². The van der Waals surface area contributed by atoms with Crippen LogP contribution in [0.15, 0.2) is 0 Å². The van der Waals surface area contributed by atoms with Gasteiger partial charge in [-0.25, -0.2) is 8.78 Å². The van der Waals surface area contributed by atoms with Crippen LogP contribution in [-0.2, 0) is 9.53 Å². The highest BCUT2D eigenvalue weighted by Gasteiger charge is 2.33. The van der Waals surface area contributed by atoms with E-state index >= 15 is 0 Å². The molecule has 2 N–H and O–H groups in total. The molecule has 0 aromatic heterocycles. The molecule has 1 saturated heterocycles. The maximum Gasteiger partial charge on any atom is 0.255 e. The number of nitrogens with zero attached hydrogens (tertiary/aromatic N) is 1. The summed E-state index contributed by atoms with van der Waals surface area (Å²) in [4.78, 5) is 13.1. The predicted molar refractivity (Wildman–Crippen MR) is 59.8 cm³/mol. The van der Waals surface area contributed by atoms with E-state index in [1.807, 2.05) is 6.92 Å². The van der Waals surface area contributed by atoms with Gasteiger partial charge in [0.15, 0.2) is 0 Å². The molecule has 0 spiro atoms. The van der Waals surface area contributed by atoms with Crippen molar-refractivity contribution in [2.75, 3.05) is 19.6 Å². The fourth-order valence-electron chi connectivity index (χ4n) is 1.99. The summed E-state index contributed by atoms with van der Waals surface area (Å²) in [7, 11) is 0. The number of ether oxygens (including phenoxy) is 1. The van der Waals surface area contributed by atoms with Crippen molar-refractivity contribution in [3.8, 4) is 0 Å². The van der Waals surface area contributed by atoms with Crippen molar-refractivity contribution in [2.24, 2.45) is 5.73 Å². The number of rotatable bonds is 6. The first-order chi connectivity index (χ1) is 8.08. The van der Waals surface area contributed by atoms with Gasteiger partial charge in [-0.2, -0.15) is 0 Å². The molecule has 1 heterocycles. The minimum Gasteiger partial charge on any atom is -0.364 e. The van der Waals surface area contributed by atoms with Crippen LogP contribution < -0.4 is 5.73 Å². The van der Waals surface area contributed by atoms with Crippen molar-refractivity contribution in [2.45, 2.75) is 44.8 Å². The molecule has 100 valence electrons. The Morgan fingerprint density at radius 1 is 1.53 bits per heavy atom. The Morgan fingerprint density at radius 3 is 2.71 bits per heavy atom. The summed E-state index contributed by atoms with van der Waals surface area (Å²) in [5.74, 6) is -0.330. The van der Waals surface area contributed by atoms with E-state index in [0.717, 1.165) is 6.42 Å². The molecule has 0 saturated carbocycles. The Kier molecular flexibility index (Phi) is 5.77. The van der Waals surface area contributed by atoms with Crippen LogP contribution in [0.2, 0.25) is 0 Å². The van der Waals surface area contributed by atoms with Crippen LogP contribution in [0.5, 0.6) is 0 Å². The molecule has 2 atom stereocenters. The predicted octanol–water partition coefficient (Wildman–Crippen LogP) is 0.996. The van der Waals surface area contributed by atoms with Crippen molar-refractivity contribution < 1.29 is 18.3 Å². The van der Waals surface area contributed by atoms with Gasteiger partial charge in [0.25, 0.3) is 12.3 Å². The molecule has 1 amide bonds. The van der Waals surface area contributed by atoms with Crippen molar-refractivity contribution in [3.05, 3.63) is 0 Å². The highest BCUT2D eigenvalue weighted by molar-refractivity contribution is 5.81. The number of hydrogen-bond acceptors (Lipinski definition) is 3. The third-order valence-electron chi connectivity index (χ3n) is 2.81. The minimum absolute atomic E-state index is 0.112. The van der Waals surface area contributed by atoms with Crippen molar-refractivity contribution in [1.82, 2.24) is 4.90 Å². The molecule has 1 aliphatic rings. The summed E-state index contributed by atoms with van der Waals surface area (Å²) in [6, 6.07) is 0. The lowest BCUT2D eigenvalue weighted by molar-refractivity contribution is -0.144. The Labute approximate surface area is 100 Å². The molecule has 1 fully saturated rings. The summed E-state index contributed by atoms with van der Waals surface area (Å²) in [6.45, 7) is 2.05. The molecular weight excluding hydrogens is 230 g/mol. The molecule has 6 heteroatoms. The van der Waals surface area contributed by atoms with Crippen molar-refractivity contribution >= 4 is 5.91 Å². The maximum atomic E-state index is 12.3. The number of carbonyl (C=O) groups excluding carboxylic acids is 1. The summed E-state index contributed by atoms with van der Waals surface area (Å²) < 4.78 is 30.1. The van der Waals surface area contributed by atoms with Crippen LogP contribution in [0.3, 0.4) is 0 Å². The number of hydrogen-bond donors (Lipinski definition) is 1. The van der Waals surface area contributed by atoms with Gasteiger partial charge in [0.1, 0.15) is 6.10 Å². The molecular formula is C11H20F2N2O2. The largest absolute Gasteiger partial charge is 0.364 e. The Balaban J connectivity index is 2.52. The van der Waals surface area contributed by atoms with Gasteiger partial charge in [-0.3, -0.25) is 4.79 Å². The first kappa shape index (κ1) is 14.3. The van der Waals surface area contributed by atoms with E-state index in [1.165, 1.54) is 4.90 Å². The maximum absolute atomic E-state index is 12.3. The monoisotopic (exact) mass is 250 g/mol. The molecule has 1 aliphatic heterocycles. The van der Waals surface area contributed by atoms with Gasteiger partial charge in [-0.1, -0.05) is 6.92 Å². The van der Waals surface area contributed by atoms with E-state index in [4.69, 9.17) is 10.5 Å². The van der Waals surface area contributed by atoms with Crippen molar-refractivity contribution in [3.63, 3.8) is 0 Å². The Morgan fingerprint density at radius 2 is 2.24 bits per heavy atom. The highest BCUT2D eigenvalue weighted by atomic mass is 19.3. The van der Waals surface area contributed by atoms with E-state index in [9.17, 15) is 13.6 Å². The zero-order valence-corrected chi connectivity index (χ0v) is 10.1. The van der Waals surface area contributed by atoms with Crippen LogP contribution >= 0.6 is 0 Å². The SMILES string of the molecule is CCCN(CC(F)F)C(=O)[C@@H]1CC[C@H](CN)O1. The lowest BCUT2D eigenvalue weighted by atomic mass is 10.1. The van der Waals surface area contributed by atoms with Gasteiger partial charge in [0.2, 0.25) is 0 Å². The quantitative estimate of drug-likeness (QED) is 0.765. The molecule has 0 aliphatic carbocycles. The second-order valence-electron chi connectivity index (χ2n) is 4.24. The minimum atomic E-state index is -2.50. The fraction of sp³-hybridized carbons (Fsp3) is 0.909. The topological polar surface area (TPSA) is 55.6 Å². The molecule has 0 aromatic rings. The van der Waals surface area contributed by atoms with Crippen LogP contribution in [0, 0.1) is 0 Å². The van der Waals surface area contributed by atoms with Gasteiger partial charge >= 0.3 is 0 Å². The first-order valence-electron chi connectivity index (χ1n) is 6.01. The van der Waals surface area contributed by atoms with E-state index < -0.39 is 19.1 Å². The molecule has 0 radical (unpaired) electrons. The number of alkyl halides is 2. The second-order valence-corrected chi connectivity index (χ2v) is 4.24. The Hall–Kier alpha value is -0.750. The molecule has 4 nitrogen and oxygen atoms in total. The lowest BCUT2D eigenvalue weighted by Gasteiger charge is -2.24. The first-order valence-corrected chi connectivity index (χ1v) is 6.01. The zero-order chi connectivity index (χ0) is 12.8. The van der Waals surface area contributed by atoms with Crippen LogP contribution in [0.4, 0.5) is 8.78 Å². The normalized spacial score (nSPS) is 24.3. The lowest BCUT2D eigenvalue weighted by Crippen LogP contribution is -2.42. The number of halogens is 2. The van der Waals surface area contributed by atoms with Gasteiger partial charge < -0.3 is 15.4 Å². The third-order valence-corrected chi connectivity index (χ3v) is 2.81.